The van der Waals surface area contributed by atoms with Gasteiger partial charge in [-0.3, -0.25) is 4.79 Å². The molecule has 0 saturated heterocycles. The van der Waals surface area contributed by atoms with Crippen molar-refractivity contribution in [3.63, 3.8) is 0 Å². The molecule has 0 aliphatic carbocycles. The van der Waals surface area contributed by atoms with Crippen molar-refractivity contribution in [2.45, 2.75) is 30.9 Å². The minimum atomic E-state index is -3.74. The highest BCUT2D eigenvalue weighted by Gasteiger charge is 2.35. The number of carbonyl (C=O) groups excluding carboxylic acids is 1. The summed E-state index contributed by atoms with van der Waals surface area (Å²) in [7, 11) is -2.23. The van der Waals surface area contributed by atoms with Gasteiger partial charge in [-0.25, -0.2) is 13.4 Å². The zero-order chi connectivity index (χ0) is 27.3. The minimum absolute atomic E-state index is 0.0602. The molecule has 3 aromatic rings. The van der Waals surface area contributed by atoms with Crippen LogP contribution in [-0.2, 0) is 10.0 Å². The van der Waals surface area contributed by atoms with Crippen molar-refractivity contribution in [3.8, 4) is 5.88 Å². The third-order valence-electron chi connectivity index (χ3n) is 6.70. The van der Waals surface area contributed by atoms with E-state index in [2.05, 4.69) is 4.98 Å². The summed E-state index contributed by atoms with van der Waals surface area (Å²) in [6, 6.07) is 19.3. The van der Waals surface area contributed by atoms with Gasteiger partial charge in [0.25, 0.3) is 5.91 Å². The van der Waals surface area contributed by atoms with Crippen molar-refractivity contribution >= 4 is 28.1 Å². The summed E-state index contributed by atoms with van der Waals surface area (Å²) in [6.45, 7) is 3.82. The fourth-order valence-corrected chi connectivity index (χ4v) is 5.51. The van der Waals surface area contributed by atoms with E-state index in [9.17, 15) is 18.3 Å². The summed E-state index contributed by atoms with van der Waals surface area (Å²) >= 11 is 0. The number of aliphatic hydroxyl groups excluding tert-OH is 1. The molecule has 2 heterocycles. The number of aromatic nitrogens is 1. The van der Waals surface area contributed by atoms with Gasteiger partial charge in [-0.15, -0.1) is 0 Å². The summed E-state index contributed by atoms with van der Waals surface area (Å²) in [4.78, 5) is 19.9. The standard InChI is InChI=1S/C29H33N3O5S/c1-21-18-32(22(2)20-33)29(34)26-16-24(15-14-23-10-6-4-7-11-23)17-30-28(26)37-27(21)19-31(3)38(35,36)25-12-8-5-9-13-25/h4-17,21-22,27,33H,18-20H2,1-3H3/b15-14+/t21-,22-,27+/m1/s1. The maximum atomic E-state index is 13.6. The first-order chi connectivity index (χ1) is 18.2. The number of nitrogens with zero attached hydrogens (tertiary/aromatic N) is 3. The van der Waals surface area contributed by atoms with Gasteiger partial charge in [-0.1, -0.05) is 67.6 Å². The molecule has 2 aromatic carbocycles. The van der Waals surface area contributed by atoms with E-state index in [4.69, 9.17) is 4.74 Å². The summed E-state index contributed by atoms with van der Waals surface area (Å²) in [5, 5.41) is 9.87. The van der Waals surface area contributed by atoms with Gasteiger partial charge in [0.15, 0.2) is 0 Å². The van der Waals surface area contributed by atoms with Crippen LogP contribution in [0.25, 0.3) is 12.2 Å². The largest absolute Gasteiger partial charge is 0.472 e. The Bertz CT molecular complexity index is 1380. The second-order valence-electron chi connectivity index (χ2n) is 9.59. The van der Waals surface area contributed by atoms with Gasteiger partial charge in [-0.05, 0) is 36.2 Å². The molecule has 4 rings (SSSR count). The average Bonchev–Trinajstić information content (AvgIpc) is 2.94. The molecule has 38 heavy (non-hydrogen) atoms. The van der Waals surface area contributed by atoms with Crippen LogP contribution in [0.15, 0.2) is 77.8 Å². The molecule has 1 aliphatic rings. The van der Waals surface area contributed by atoms with Crippen molar-refractivity contribution in [1.29, 1.82) is 0 Å². The molecule has 200 valence electrons. The number of rotatable bonds is 8. The first kappa shape index (κ1) is 27.5. The summed E-state index contributed by atoms with van der Waals surface area (Å²) < 4.78 is 33.8. The van der Waals surface area contributed by atoms with E-state index in [1.54, 1.807) is 54.4 Å². The van der Waals surface area contributed by atoms with Crippen LogP contribution in [-0.4, -0.2) is 72.5 Å². The number of carbonyl (C=O) groups is 1. The number of ether oxygens (including phenoxy) is 1. The van der Waals surface area contributed by atoms with Crippen molar-refractivity contribution in [2.75, 3.05) is 26.7 Å². The van der Waals surface area contributed by atoms with Crippen LogP contribution in [0.4, 0.5) is 0 Å². The van der Waals surface area contributed by atoms with E-state index in [0.717, 1.165) is 11.1 Å². The van der Waals surface area contributed by atoms with E-state index in [-0.39, 0.29) is 47.9 Å². The number of aliphatic hydroxyl groups is 1. The Morgan fingerprint density at radius 3 is 2.39 bits per heavy atom. The van der Waals surface area contributed by atoms with Gasteiger partial charge in [0.1, 0.15) is 11.7 Å². The Hall–Kier alpha value is -3.53. The topological polar surface area (TPSA) is 100 Å². The lowest BCUT2D eigenvalue weighted by Crippen LogP contribution is -2.50. The minimum Gasteiger partial charge on any atom is -0.472 e. The number of amides is 1. The highest BCUT2D eigenvalue weighted by Crippen LogP contribution is 2.28. The SMILES string of the molecule is C[C@@H]1CN([C@H](C)CO)C(=O)c2cc(/C=C/c3ccccc3)cnc2O[C@H]1CN(C)S(=O)(=O)c1ccccc1. The number of fused-ring (bicyclic) bond motifs is 1. The van der Waals surface area contributed by atoms with Crippen LogP contribution < -0.4 is 4.74 Å². The molecule has 1 N–H and O–H groups in total. The smallest absolute Gasteiger partial charge is 0.259 e. The third-order valence-corrected chi connectivity index (χ3v) is 8.54. The molecule has 0 saturated carbocycles. The quantitative estimate of drug-likeness (QED) is 0.471. The van der Waals surface area contributed by atoms with Crippen LogP contribution in [0.1, 0.15) is 35.3 Å². The maximum absolute atomic E-state index is 13.6. The molecule has 1 aliphatic heterocycles. The monoisotopic (exact) mass is 535 g/mol. The van der Waals surface area contributed by atoms with E-state index in [1.165, 1.54) is 11.4 Å². The number of sulfonamides is 1. The predicted molar refractivity (Wildman–Crippen MR) is 147 cm³/mol. The molecule has 0 fully saturated rings. The molecular formula is C29H33N3O5S. The summed E-state index contributed by atoms with van der Waals surface area (Å²) in [5.74, 6) is -0.391. The number of hydrogen-bond acceptors (Lipinski definition) is 6. The number of benzene rings is 2. The molecule has 1 amide bonds. The lowest BCUT2D eigenvalue weighted by atomic mass is 10.00. The molecule has 3 atom stereocenters. The second-order valence-corrected chi connectivity index (χ2v) is 11.6. The molecule has 8 nitrogen and oxygen atoms in total. The molecule has 0 radical (unpaired) electrons. The molecule has 9 heteroatoms. The van der Waals surface area contributed by atoms with Crippen LogP contribution in [0.3, 0.4) is 0 Å². The molecule has 0 unspecified atom stereocenters. The van der Waals surface area contributed by atoms with E-state index in [1.807, 2.05) is 49.4 Å². The summed E-state index contributed by atoms with van der Waals surface area (Å²) in [6.07, 6.45) is 4.84. The van der Waals surface area contributed by atoms with Gasteiger partial charge >= 0.3 is 0 Å². The fraction of sp³-hybridized carbons (Fsp3) is 0.310. The zero-order valence-corrected chi connectivity index (χ0v) is 22.6. The summed E-state index contributed by atoms with van der Waals surface area (Å²) in [5.41, 5.74) is 2.00. The van der Waals surface area contributed by atoms with Crippen molar-refractivity contribution < 1.29 is 23.1 Å². The predicted octanol–water partition coefficient (Wildman–Crippen LogP) is 3.79. The van der Waals surface area contributed by atoms with Gasteiger partial charge in [-0.2, -0.15) is 4.31 Å². The van der Waals surface area contributed by atoms with Crippen LogP contribution in [0, 0.1) is 5.92 Å². The number of pyridine rings is 1. The van der Waals surface area contributed by atoms with E-state index < -0.39 is 22.2 Å². The fourth-order valence-electron chi connectivity index (χ4n) is 4.31. The Kier molecular flexibility index (Phi) is 8.61. The Morgan fingerprint density at radius 1 is 1.11 bits per heavy atom. The Morgan fingerprint density at radius 2 is 1.74 bits per heavy atom. The van der Waals surface area contributed by atoms with Crippen LogP contribution >= 0.6 is 0 Å². The van der Waals surface area contributed by atoms with Gasteiger partial charge in [0, 0.05) is 25.7 Å². The van der Waals surface area contributed by atoms with E-state index in [0.29, 0.717) is 0 Å². The van der Waals surface area contributed by atoms with Crippen molar-refractivity contribution in [3.05, 3.63) is 89.6 Å². The van der Waals surface area contributed by atoms with Crippen LogP contribution in [0.2, 0.25) is 0 Å². The van der Waals surface area contributed by atoms with Gasteiger partial charge < -0.3 is 14.7 Å². The van der Waals surface area contributed by atoms with Crippen molar-refractivity contribution in [1.82, 2.24) is 14.2 Å². The molecule has 0 spiro atoms. The maximum Gasteiger partial charge on any atom is 0.259 e. The Labute approximate surface area is 224 Å². The first-order valence-corrected chi connectivity index (χ1v) is 14.0. The number of likely N-dealkylation sites (N-methyl/N-ethyl adjacent to an activating group) is 1. The highest BCUT2D eigenvalue weighted by atomic mass is 32.2. The van der Waals surface area contributed by atoms with Crippen LogP contribution in [0.5, 0.6) is 5.88 Å². The highest BCUT2D eigenvalue weighted by molar-refractivity contribution is 7.89. The van der Waals surface area contributed by atoms with Crippen molar-refractivity contribution in [2.24, 2.45) is 5.92 Å². The molecule has 1 aromatic heterocycles. The van der Waals surface area contributed by atoms with Gasteiger partial charge in [0.2, 0.25) is 15.9 Å². The lowest BCUT2D eigenvalue weighted by Gasteiger charge is -2.37. The number of hydrogen-bond donors (Lipinski definition) is 1. The normalized spacial score (nSPS) is 19.1. The third kappa shape index (κ3) is 6.12. The average molecular weight is 536 g/mol. The second kappa shape index (κ2) is 11.9. The first-order valence-electron chi connectivity index (χ1n) is 12.5. The van der Waals surface area contributed by atoms with Gasteiger partial charge in [0.05, 0.1) is 24.1 Å². The molecular weight excluding hydrogens is 502 g/mol. The Balaban J connectivity index is 1.67. The molecule has 0 bridgehead atoms. The van der Waals surface area contributed by atoms with E-state index >= 15 is 0 Å². The lowest BCUT2D eigenvalue weighted by molar-refractivity contribution is 0.0373. The zero-order valence-electron chi connectivity index (χ0n) is 21.8.